The van der Waals surface area contributed by atoms with E-state index in [9.17, 15) is 9.59 Å². The first-order chi connectivity index (χ1) is 15.2. The van der Waals surface area contributed by atoms with Crippen molar-refractivity contribution in [3.8, 4) is 5.75 Å². The SMILES string of the molecule is COc1ccccc1CNC(=O)CSc1nc2ccccc2c(=O)n1Cc1ccco1. The quantitative estimate of drug-likeness (QED) is 0.337. The molecule has 2 aromatic carbocycles. The summed E-state index contributed by atoms with van der Waals surface area (Å²) in [5, 5.41) is 3.88. The fraction of sp³-hybridized carbons (Fsp3) is 0.174. The van der Waals surface area contributed by atoms with Crippen molar-refractivity contribution in [1.82, 2.24) is 14.9 Å². The highest BCUT2D eigenvalue weighted by atomic mass is 32.2. The summed E-state index contributed by atoms with van der Waals surface area (Å²) >= 11 is 1.22. The summed E-state index contributed by atoms with van der Waals surface area (Å²) < 4.78 is 12.3. The first-order valence-electron chi connectivity index (χ1n) is 9.69. The van der Waals surface area contributed by atoms with Crippen LogP contribution in [0.15, 0.2) is 81.3 Å². The number of carbonyl (C=O) groups excluding carboxylic acids is 1. The van der Waals surface area contributed by atoms with E-state index in [1.54, 1.807) is 48.3 Å². The predicted molar refractivity (Wildman–Crippen MR) is 119 cm³/mol. The second-order valence-corrected chi connectivity index (χ2v) is 7.70. The highest BCUT2D eigenvalue weighted by molar-refractivity contribution is 7.99. The molecule has 1 N–H and O–H groups in total. The molecule has 0 spiro atoms. The Morgan fingerprint density at radius 2 is 1.94 bits per heavy atom. The van der Waals surface area contributed by atoms with Gasteiger partial charge in [-0.05, 0) is 30.3 Å². The minimum absolute atomic E-state index is 0.123. The van der Waals surface area contributed by atoms with Gasteiger partial charge in [0.05, 0.1) is 36.6 Å². The van der Waals surface area contributed by atoms with Gasteiger partial charge >= 0.3 is 0 Å². The van der Waals surface area contributed by atoms with E-state index in [0.717, 1.165) is 11.3 Å². The Morgan fingerprint density at radius 3 is 2.74 bits per heavy atom. The van der Waals surface area contributed by atoms with Crippen molar-refractivity contribution in [3.63, 3.8) is 0 Å². The van der Waals surface area contributed by atoms with Gasteiger partial charge in [-0.1, -0.05) is 42.1 Å². The minimum Gasteiger partial charge on any atom is -0.496 e. The number of rotatable bonds is 8. The normalized spacial score (nSPS) is 10.9. The number of furan rings is 1. The van der Waals surface area contributed by atoms with E-state index >= 15 is 0 Å². The number of carbonyl (C=O) groups is 1. The summed E-state index contributed by atoms with van der Waals surface area (Å²) in [6.07, 6.45) is 1.56. The molecule has 4 aromatic rings. The second-order valence-electron chi connectivity index (χ2n) is 6.76. The van der Waals surface area contributed by atoms with Crippen molar-refractivity contribution in [2.24, 2.45) is 0 Å². The molecule has 2 heterocycles. The molecule has 31 heavy (non-hydrogen) atoms. The van der Waals surface area contributed by atoms with Crippen LogP contribution in [0.3, 0.4) is 0 Å². The molecule has 0 unspecified atom stereocenters. The summed E-state index contributed by atoms with van der Waals surface area (Å²) in [6.45, 7) is 0.600. The number of para-hydroxylation sites is 2. The highest BCUT2D eigenvalue weighted by Crippen LogP contribution is 2.20. The molecule has 4 rings (SSSR count). The van der Waals surface area contributed by atoms with Crippen LogP contribution < -0.4 is 15.6 Å². The number of methoxy groups -OCH3 is 1. The van der Waals surface area contributed by atoms with Gasteiger partial charge in [-0.2, -0.15) is 0 Å². The Morgan fingerprint density at radius 1 is 1.13 bits per heavy atom. The zero-order valence-electron chi connectivity index (χ0n) is 16.9. The lowest BCUT2D eigenvalue weighted by atomic mass is 10.2. The van der Waals surface area contributed by atoms with Crippen LogP contribution in [-0.4, -0.2) is 28.3 Å². The zero-order chi connectivity index (χ0) is 21.6. The van der Waals surface area contributed by atoms with E-state index < -0.39 is 0 Å². The number of fused-ring (bicyclic) bond motifs is 1. The van der Waals surface area contributed by atoms with E-state index in [4.69, 9.17) is 9.15 Å². The molecular formula is C23H21N3O4S. The number of hydrogen-bond acceptors (Lipinski definition) is 6. The molecule has 8 heteroatoms. The lowest BCUT2D eigenvalue weighted by molar-refractivity contribution is -0.118. The average Bonchev–Trinajstić information content (AvgIpc) is 3.32. The molecular weight excluding hydrogens is 414 g/mol. The molecule has 2 aromatic heterocycles. The Hall–Kier alpha value is -3.52. The van der Waals surface area contributed by atoms with E-state index in [2.05, 4.69) is 10.3 Å². The van der Waals surface area contributed by atoms with Gasteiger partial charge in [0.1, 0.15) is 11.5 Å². The monoisotopic (exact) mass is 435 g/mol. The third-order valence-corrected chi connectivity index (χ3v) is 5.70. The summed E-state index contributed by atoms with van der Waals surface area (Å²) in [5.74, 6) is 1.32. The minimum atomic E-state index is -0.168. The second kappa shape index (κ2) is 9.53. The maximum absolute atomic E-state index is 13.1. The lowest BCUT2D eigenvalue weighted by Gasteiger charge is -2.12. The van der Waals surface area contributed by atoms with Gasteiger partial charge in [-0.15, -0.1) is 0 Å². The number of amides is 1. The van der Waals surface area contributed by atoms with Gasteiger partial charge in [0.15, 0.2) is 5.16 Å². The first-order valence-corrected chi connectivity index (χ1v) is 10.7. The van der Waals surface area contributed by atoms with Gasteiger partial charge in [0.2, 0.25) is 5.91 Å². The van der Waals surface area contributed by atoms with E-state index in [1.807, 2.05) is 30.3 Å². The zero-order valence-corrected chi connectivity index (χ0v) is 17.7. The number of hydrogen-bond donors (Lipinski definition) is 1. The summed E-state index contributed by atoms with van der Waals surface area (Å²) in [7, 11) is 1.60. The molecule has 0 atom stereocenters. The molecule has 0 aliphatic rings. The Kier molecular flexibility index (Phi) is 6.37. The number of nitrogens with one attached hydrogen (secondary N) is 1. The van der Waals surface area contributed by atoms with Crippen LogP contribution in [0, 0.1) is 0 Å². The summed E-state index contributed by atoms with van der Waals surface area (Å²) in [5.41, 5.74) is 1.32. The molecule has 7 nitrogen and oxygen atoms in total. The predicted octanol–water partition coefficient (Wildman–Crippen LogP) is 3.45. The van der Waals surface area contributed by atoms with Crippen molar-refractivity contribution in [2.45, 2.75) is 18.2 Å². The smallest absolute Gasteiger partial charge is 0.262 e. The van der Waals surface area contributed by atoms with Crippen LogP contribution in [0.2, 0.25) is 0 Å². The van der Waals surface area contributed by atoms with Gasteiger partial charge in [0, 0.05) is 12.1 Å². The van der Waals surface area contributed by atoms with E-state index in [-0.39, 0.29) is 23.8 Å². The number of thioether (sulfide) groups is 1. The topological polar surface area (TPSA) is 86.4 Å². The van der Waals surface area contributed by atoms with E-state index in [0.29, 0.717) is 28.4 Å². The third kappa shape index (κ3) is 4.80. The molecule has 0 saturated carbocycles. The third-order valence-electron chi connectivity index (χ3n) is 4.72. The first kappa shape index (κ1) is 20.7. The van der Waals surface area contributed by atoms with Gasteiger partial charge in [-0.25, -0.2) is 4.98 Å². The summed E-state index contributed by atoms with van der Waals surface area (Å²) in [4.78, 5) is 30.1. The summed E-state index contributed by atoms with van der Waals surface area (Å²) in [6, 6.07) is 18.3. The van der Waals surface area contributed by atoms with Gasteiger partial charge < -0.3 is 14.5 Å². The van der Waals surface area contributed by atoms with Crippen molar-refractivity contribution in [2.75, 3.05) is 12.9 Å². The molecule has 0 radical (unpaired) electrons. The molecule has 0 fully saturated rings. The number of ether oxygens (including phenoxy) is 1. The average molecular weight is 436 g/mol. The van der Waals surface area contributed by atoms with Crippen LogP contribution in [-0.2, 0) is 17.9 Å². The van der Waals surface area contributed by atoms with Gasteiger partial charge in [-0.3, -0.25) is 14.2 Å². The van der Waals surface area contributed by atoms with Crippen LogP contribution in [0.1, 0.15) is 11.3 Å². The molecule has 0 bridgehead atoms. The maximum Gasteiger partial charge on any atom is 0.262 e. The van der Waals surface area contributed by atoms with Crippen molar-refractivity contribution < 1.29 is 13.9 Å². The van der Waals surface area contributed by atoms with E-state index in [1.165, 1.54) is 11.8 Å². The molecule has 158 valence electrons. The fourth-order valence-corrected chi connectivity index (χ4v) is 4.01. The number of nitrogens with zero attached hydrogens (tertiary/aromatic N) is 2. The molecule has 0 aliphatic carbocycles. The molecule has 0 saturated heterocycles. The Labute approximate surface area is 183 Å². The Balaban J connectivity index is 1.51. The largest absolute Gasteiger partial charge is 0.496 e. The Bertz CT molecular complexity index is 1250. The van der Waals surface area contributed by atoms with Crippen molar-refractivity contribution >= 4 is 28.6 Å². The maximum atomic E-state index is 13.1. The van der Waals surface area contributed by atoms with Crippen LogP contribution in [0.5, 0.6) is 5.75 Å². The van der Waals surface area contributed by atoms with Gasteiger partial charge in [0.25, 0.3) is 5.56 Å². The number of benzene rings is 2. The van der Waals surface area contributed by atoms with Crippen LogP contribution in [0.4, 0.5) is 0 Å². The molecule has 0 aliphatic heterocycles. The van der Waals surface area contributed by atoms with Crippen LogP contribution >= 0.6 is 11.8 Å². The highest BCUT2D eigenvalue weighted by Gasteiger charge is 2.15. The standard InChI is InChI=1S/C23H21N3O4S/c1-29-20-11-5-2-7-16(20)13-24-21(27)15-31-23-25-19-10-4-3-9-18(19)22(28)26(23)14-17-8-6-12-30-17/h2-12H,13-15H2,1H3,(H,24,27). The van der Waals surface area contributed by atoms with Crippen molar-refractivity contribution in [3.05, 3.63) is 88.6 Å². The lowest BCUT2D eigenvalue weighted by Crippen LogP contribution is -2.27. The van der Waals surface area contributed by atoms with Crippen LogP contribution in [0.25, 0.3) is 10.9 Å². The fourth-order valence-electron chi connectivity index (χ4n) is 3.18. The number of aromatic nitrogens is 2. The molecule has 1 amide bonds. The van der Waals surface area contributed by atoms with Crippen molar-refractivity contribution in [1.29, 1.82) is 0 Å².